The van der Waals surface area contributed by atoms with Crippen molar-refractivity contribution in [1.29, 1.82) is 0 Å². The zero-order valence-corrected chi connectivity index (χ0v) is 11.1. The molecule has 3 nitrogen and oxygen atoms in total. The lowest BCUT2D eigenvalue weighted by Crippen LogP contribution is -2.12. The molecule has 0 aliphatic carbocycles. The monoisotopic (exact) mass is 276 g/mol. The van der Waals surface area contributed by atoms with E-state index < -0.39 is 11.7 Å². The van der Waals surface area contributed by atoms with Crippen molar-refractivity contribution < 1.29 is 17.9 Å². The fourth-order valence-corrected chi connectivity index (χ4v) is 1.34. The van der Waals surface area contributed by atoms with E-state index in [9.17, 15) is 13.2 Å². The SMILES string of the molecule is CC(C)CCOCCNc1ccc(C(F)(F)F)cn1. The minimum absolute atomic E-state index is 0.417. The highest BCUT2D eigenvalue weighted by atomic mass is 19.4. The van der Waals surface area contributed by atoms with Crippen LogP contribution in [0.2, 0.25) is 0 Å². The van der Waals surface area contributed by atoms with E-state index in [-0.39, 0.29) is 0 Å². The van der Waals surface area contributed by atoms with Crippen molar-refractivity contribution >= 4 is 5.82 Å². The molecule has 6 heteroatoms. The molecule has 108 valence electrons. The number of nitrogens with zero attached hydrogens (tertiary/aromatic N) is 1. The van der Waals surface area contributed by atoms with Crippen LogP contribution < -0.4 is 5.32 Å². The van der Waals surface area contributed by atoms with Crippen LogP contribution in [0, 0.1) is 5.92 Å². The van der Waals surface area contributed by atoms with E-state index in [4.69, 9.17) is 4.74 Å². The largest absolute Gasteiger partial charge is 0.417 e. The fraction of sp³-hybridized carbons (Fsp3) is 0.615. The van der Waals surface area contributed by atoms with E-state index >= 15 is 0 Å². The molecule has 1 rings (SSSR count). The van der Waals surface area contributed by atoms with Crippen LogP contribution in [0.1, 0.15) is 25.8 Å². The van der Waals surface area contributed by atoms with Crippen molar-refractivity contribution in [2.45, 2.75) is 26.4 Å². The summed E-state index contributed by atoms with van der Waals surface area (Å²) >= 11 is 0. The highest BCUT2D eigenvalue weighted by Gasteiger charge is 2.30. The van der Waals surface area contributed by atoms with Crippen LogP contribution in [0.5, 0.6) is 0 Å². The van der Waals surface area contributed by atoms with Gasteiger partial charge in [0.2, 0.25) is 0 Å². The Morgan fingerprint density at radius 1 is 1.26 bits per heavy atom. The molecule has 0 aliphatic heterocycles. The summed E-state index contributed by atoms with van der Waals surface area (Å²) in [6.45, 7) is 5.97. The number of aromatic nitrogens is 1. The van der Waals surface area contributed by atoms with Gasteiger partial charge >= 0.3 is 6.18 Å². The number of hydrogen-bond donors (Lipinski definition) is 1. The summed E-state index contributed by atoms with van der Waals surface area (Å²) in [6.07, 6.45) is -2.52. The molecule has 0 fully saturated rings. The molecule has 1 aromatic heterocycles. The minimum atomic E-state index is -4.34. The van der Waals surface area contributed by atoms with Crippen molar-refractivity contribution in [1.82, 2.24) is 4.98 Å². The number of alkyl halides is 3. The zero-order valence-electron chi connectivity index (χ0n) is 11.1. The number of pyridine rings is 1. The Kier molecular flexibility index (Phi) is 6.08. The Labute approximate surface area is 111 Å². The van der Waals surface area contributed by atoms with Crippen molar-refractivity contribution in [3.63, 3.8) is 0 Å². The average Bonchev–Trinajstić information content (AvgIpc) is 2.32. The molecule has 0 aromatic carbocycles. The summed E-state index contributed by atoms with van der Waals surface area (Å²) < 4.78 is 42.3. The number of rotatable bonds is 7. The fourth-order valence-electron chi connectivity index (χ4n) is 1.34. The molecular weight excluding hydrogens is 257 g/mol. The van der Waals surface area contributed by atoms with Crippen LogP contribution in [-0.4, -0.2) is 24.7 Å². The van der Waals surface area contributed by atoms with Gasteiger partial charge in [0.15, 0.2) is 0 Å². The molecule has 0 unspecified atom stereocenters. The van der Waals surface area contributed by atoms with Gasteiger partial charge in [0.25, 0.3) is 0 Å². The Morgan fingerprint density at radius 3 is 2.53 bits per heavy atom. The summed E-state index contributed by atoms with van der Waals surface area (Å²) in [5.41, 5.74) is -0.744. The molecule has 0 atom stereocenters. The molecular formula is C13H19F3N2O. The van der Waals surface area contributed by atoms with Gasteiger partial charge in [0.1, 0.15) is 5.82 Å². The van der Waals surface area contributed by atoms with E-state index in [1.807, 2.05) is 0 Å². The zero-order chi connectivity index (χ0) is 14.3. The van der Waals surface area contributed by atoms with Crippen molar-refractivity contribution in [2.75, 3.05) is 25.1 Å². The Balaban J connectivity index is 2.23. The second-order valence-electron chi connectivity index (χ2n) is 4.65. The highest BCUT2D eigenvalue weighted by molar-refractivity contribution is 5.35. The Hall–Kier alpha value is -1.30. The van der Waals surface area contributed by atoms with Crippen LogP contribution in [0.25, 0.3) is 0 Å². The Morgan fingerprint density at radius 2 is 2.00 bits per heavy atom. The van der Waals surface area contributed by atoms with E-state index in [0.29, 0.717) is 31.5 Å². The van der Waals surface area contributed by atoms with Crippen molar-refractivity contribution in [3.8, 4) is 0 Å². The van der Waals surface area contributed by atoms with E-state index in [2.05, 4.69) is 24.1 Å². The van der Waals surface area contributed by atoms with Crippen molar-refractivity contribution in [2.24, 2.45) is 5.92 Å². The molecule has 0 saturated carbocycles. The van der Waals surface area contributed by atoms with Crippen LogP contribution in [0.15, 0.2) is 18.3 Å². The first-order chi connectivity index (χ1) is 8.89. The summed E-state index contributed by atoms with van der Waals surface area (Å²) in [5, 5.41) is 2.91. The van der Waals surface area contributed by atoms with Gasteiger partial charge in [0, 0.05) is 19.3 Å². The third-order valence-corrected chi connectivity index (χ3v) is 2.48. The number of halogens is 3. The van der Waals surface area contributed by atoms with Crippen molar-refractivity contribution in [3.05, 3.63) is 23.9 Å². The van der Waals surface area contributed by atoms with Crippen LogP contribution in [-0.2, 0) is 10.9 Å². The summed E-state index contributed by atoms with van der Waals surface area (Å²) in [6, 6.07) is 2.33. The highest BCUT2D eigenvalue weighted by Crippen LogP contribution is 2.28. The molecule has 0 saturated heterocycles. The quantitative estimate of drug-likeness (QED) is 0.773. The Bertz CT molecular complexity index is 363. The van der Waals surface area contributed by atoms with Gasteiger partial charge in [-0.05, 0) is 24.5 Å². The van der Waals surface area contributed by atoms with Gasteiger partial charge in [-0.25, -0.2) is 4.98 Å². The maximum Gasteiger partial charge on any atom is 0.417 e. The third kappa shape index (κ3) is 6.42. The first-order valence-corrected chi connectivity index (χ1v) is 6.24. The minimum Gasteiger partial charge on any atom is -0.380 e. The van der Waals surface area contributed by atoms with Gasteiger partial charge in [-0.3, -0.25) is 0 Å². The number of hydrogen-bond acceptors (Lipinski definition) is 3. The summed E-state index contributed by atoms with van der Waals surface area (Å²) in [5.74, 6) is 1.02. The maximum absolute atomic E-state index is 12.3. The number of anilines is 1. The molecule has 1 aromatic rings. The smallest absolute Gasteiger partial charge is 0.380 e. The predicted octanol–water partition coefficient (Wildman–Crippen LogP) is 3.58. The van der Waals surface area contributed by atoms with Crippen LogP contribution in [0.3, 0.4) is 0 Å². The van der Waals surface area contributed by atoms with Gasteiger partial charge in [-0.2, -0.15) is 13.2 Å². The molecule has 0 amide bonds. The maximum atomic E-state index is 12.3. The first kappa shape index (κ1) is 15.8. The van der Waals surface area contributed by atoms with Gasteiger partial charge in [-0.1, -0.05) is 13.8 Å². The average molecular weight is 276 g/mol. The third-order valence-electron chi connectivity index (χ3n) is 2.48. The lowest BCUT2D eigenvalue weighted by atomic mass is 10.1. The molecule has 0 spiro atoms. The second kappa shape index (κ2) is 7.33. The summed E-state index contributed by atoms with van der Waals surface area (Å²) in [7, 11) is 0. The molecule has 0 bridgehead atoms. The molecule has 19 heavy (non-hydrogen) atoms. The van der Waals surface area contributed by atoms with E-state index in [0.717, 1.165) is 18.7 Å². The van der Waals surface area contributed by atoms with E-state index in [1.54, 1.807) is 0 Å². The number of nitrogens with one attached hydrogen (secondary N) is 1. The van der Waals surface area contributed by atoms with Gasteiger partial charge < -0.3 is 10.1 Å². The normalized spacial score (nSPS) is 11.9. The molecule has 1 heterocycles. The predicted molar refractivity (Wildman–Crippen MR) is 68.0 cm³/mol. The standard InChI is InChI=1S/C13H19F3N2O/c1-10(2)5-7-19-8-6-17-12-4-3-11(9-18-12)13(14,15)16/h3-4,9-10H,5-8H2,1-2H3,(H,17,18). The lowest BCUT2D eigenvalue weighted by Gasteiger charge is -2.09. The number of ether oxygens (including phenoxy) is 1. The molecule has 1 N–H and O–H groups in total. The summed E-state index contributed by atoms with van der Waals surface area (Å²) in [4.78, 5) is 3.70. The lowest BCUT2D eigenvalue weighted by molar-refractivity contribution is -0.137. The molecule has 0 radical (unpaired) electrons. The van der Waals surface area contributed by atoms with Crippen LogP contribution >= 0.6 is 0 Å². The van der Waals surface area contributed by atoms with Crippen LogP contribution in [0.4, 0.5) is 19.0 Å². The second-order valence-corrected chi connectivity index (χ2v) is 4.65. The first-order valence-electron chi connectivity index (χ1n) is 6.24. The van der Waals surface area contributed by atoms with E-state index in [1.165, 1.54) is 6.07 Å². The molecule has 0 aliphatic rings. The topological polar surface area (TPSA) is 34.1 Å². The van der Waals surface area contributed by atoms with Gasteiger partial charge in [0.05, 0.1) is 12.2 Å². The van der Waals surface area contributed by atoms with Gasteiger partial charge in [-0.15, -0.1) is 0 Å².